The first-order valence-electron chi connectivity index (χ1n) is 9.84. The van der Waals surface area contributed by atoms with Gasteiger partial charge in [-0.2, -0.15) is 18.3 Å². The highest BCUT2D eigenvalue weighted by Gasteiger charge is 2.34. The Morgan fingerprint density at radius 1 is 1.17 bits per heavy atom. The lowest BCUT2D eigenvalue weighted by Gasteiger charge is -2.17. The summed E-state index contributed by atoms with van der Waals surface area (Å²) in [5, 5.41) is 17.5. The van der Waals surface area contributed by atoms with Crippen molar-refractivity contribution in [2.45, 2.75) is 62.6 Å². The van der Waals surface area contributed by atoms with Crippen LogP contribution in [0.5, 0.6) is 0 Å². The zero-order valence-corrected chi connectivity index (χ0v) is 18.2. The van der Waals surface area contributed by atoms with E-state index < -0.39 is 17.8 Å². The number of rotatable bonds is 11. The fourth-order valence-electron chi connectivity index (χ4n) is 2.81. The quantitative estimate of drug-likeness (QED) is 0.355. The highest BCUT2D eigenvalue weighted by atomic mass is 32.2. The summed E-state index contributed by atoms with van der Waals surface area (Å²) in [5.41, 5.74) is 6.01. The Morgan fingerprint density at radius 3 is 2.52 bits per heavy atom. The number of unbranched alkanes of at least 4 members (excludes halogenated alkanes) is 5. The molecule has 0 saturated heterocycles. The van der Waals surface area contributed by atoms with Gasteiger partial charge in [0.2, 0.25) is 0 Å². The minimum atomic E-state index is -4.42. The van der Waals surface area contributed by atoms with E-state index in [0.717, 1.165) is 25.3 Å². The third kappa shape index (κ3) is 7.62. The van der Waals surface area contributed by atoms with E-state index in [9.17, 15) is 13.2 Å². The van der Waals surface area contributed by atoms with Crippen molar-refractivity contribution in [2.75, 3.05) is 18.1 Å². The van der Waals surface area contributed by atoms with Gasteiger partial charge in [-0.25, -0.2) is 0 Å². The molecule has 1 unspecified atom stereocenters. The molecule has 0 aliphatic carbocycles. The molecule has 3 N–H and O–H groups in total. The zero-order valence-electron chi connectivity index (χ0n) is 16.5. The number of nitrogens with zero attached hydrogens (tertiary/aromatic N) is 2. The summed E-state index contributed by atoms with van der Waals surface area (Å²) in [5.74, 6) is 1.08. The second-order valence-corrected chi connectivity index (χ2v) is 9.00. The Kier molecular flexibility index (Phi) is 10.0. The molecule has 1 aliphatic heterocycles. The highest BCUT2D eigenvalue weighted by Crippen LogP contribution is 2.38. The molecule has 1 atom stereocenters. The average Bonchev–Trinajstić information content (AvgIpc) is 2.72. The zero-order chi connectivity index (χ0) is 21.3. The molecule has 0 amide bonds. The van der Waals surface area contributed by atoms with Gasteiger partial charge < -0.3 is 10.8 Å². The molecule has 162 valence electrons. The molecule has 1 aromatic rings. The molecule has 1 aromatic carbocycles. The summed E-state index contributed by atoms with van der Waals surface area (Å²) in [7, 11) is 0. The van der Waals surface area contributed by atoms with Crippen molar-refractivity contribution >= 4 is 34.3 Å². The Balaban J connectivity index is 2.06. The SMILES string of the molecule is CCCCCCCCSc1ccc(C2=NN=C(C(N)CO)CS2)cc1C(F)(F)F. The Hall–Kier alpha value is -1.03. The summed E-state index contributed by atoms with van der Waals surface area (Å²) < 4.78 is 40.8. The first-order chi connectivity index (χ1) is 13.9. The fourth-order valence-corrected chi connectivity index (χ4v) is 4.82. The van der Waals surface area contributed by atoms with Crippen LogP contribution < -0.4 is 5.73 Å². The van der Waals surface area contributed by atoms with Crippen LogP contribution in [-0.2, 0) is 6.18 Å². The van der Waals surface area contributed by atoms with Crippen LogP contribution in [0.3, 0.4) is 0 Å². The Bertz CT molecular complexity index is 723. The van der Waals surface area contributed by atoms with Crippen molar-refractivity contribution < 1.29 is 18.3 Å². The number of aliphatic hydroxyl groups is 1. The normalized spacial score (nSPS) is 15.8. The van der Waals surface area contributed by atoms with Gasteiger partial charge in [-0.15, -0.1) is 16.9 Å². The molecule has 0 aromatic heterocycles. The van der Waals surface area contributed by atoms with E-state index >= 15 is 0 Å². The van der Waals surface area contributed by atoms with Gasteiger partial charge in [-0.3, -0.25) is 0 Å². The molecule has 0 saturated carbocycles. The van der Waals surface area contributed by atoms with Crippen LogP contribution in [-0.4, -0.2) is 40.0 Å². The van der Waals surface area contributed by atoms with Crippen LogP contribution in [0.15, 0.2) is 33.3 Å². The van der Waals surface area contributed by atoms with E-state index in [1.54, 1.807) is 6.07 Å². The van der Waals surface area contributed by atoms with Crippen molar-refractivity contribution in [2.24, 2.45) is 15.9 Å². The van der Waals surface area contributed by atoms with Crippen molar-refractivity contribution in [3.63, 3.8) is 0 Å². The lowest BCUT2D eigenvalue weighted by molar-refractivity contribution is -0.139. The maximum atomic E-state index is 13.6. The van der Waals surface area contributed by atoms with Crippen LogP contribution in [0.1, 0.15) is 56.6 Å². The lowest BCUT2D eigenvalue weighted by atomic mass is 10.1. The number of alkyl halides is 3. The first-order valence-corrected chi connectivity index (χ1v) is 11.8. The van der Waals surface area contributed by atoms with Gasteiger partial charge in [-0.1, -0.05) is 56.9 Å². The summed E-state index contributed by atoms with van der Waals surface area (Å²) in [6.45, 7) is 1.91. The summed E-state index contributed by atoms with van der Waals surface area (Å²) in [4.78, 5) is 0.253. The van der Waals surface area contributed by atoms with Gasteiger partial charge >= 0.3 is 6.18 Å². The maximum Gasteiger partial charge on any atom is 0.417 e. The van der Waals surface area contributed by atoms with Crippen LogP contribution >= 0.6 is 23.5 Å². The molecule has 0 radical (unpaired) electrons. The van der Waals surface area contributed by atoms with E-state index in [2.05, 4.69) is 17.1 Å². The number of hydrogen-bond acceptors (Lipinski definition) is 6. The predicted molar refractivity (Wildman–Crippen MR) is 117 cm³/mol. The van der Waals surface area contributed by atoms with Crippen molar-refractivity contribution in [3.05, 3.63) is 29.3 Å². The number of benzene rings is 1. The molecule has 29 heavy (non-hydrogen) atoms. The van der Waals surface area contributed by atoms with Gasteiger partial charge in [0.15, 0.2) is 0 Å². The van der Waals surface area contributed by atoms with Crippen molar-refractivity contribution in [3.8, 4) is 0 Å². The number of hydrogen-bond donors (Lipinski definition) is 2. The monoisotopic (exact) mass is 447 g/mol. The van der Waals surface area contributed by atoms with E-state index in [0.29, 0.717) is 27.8 Å². The molecule has 1 heterocycles. The Morgan fingerprint density at radius 2 is 1.90 bits per heavy atom. The molecular weight excluding hydrogens is 419 g/mol. The average molecular weight is 448 g/mol. The minimum absolute atomic E-state index is 0.243. The predicted octanol–water partition coefficient (Wildman–Crippen LogP) is 5.33. The van der Waals surface area contributed by atoms with Crippen LogP contribution in [0.2, 0.25) is 0 Å². The molecular formula is C20H28F3N3OS2. The standard InChI is InChI=1S/C20H28F3N3OS2/c1-2-3-4-5-6-7-10-28-18-9-8-14(11-15(18)20(21,22)23)19-26-25-17(13-29-19)16(24)12-27/h8-9,11,16,27H,2-7,10,12-13,24H2,1H3. The molecule has 0 bridgehead atoms. The van der Waals surface area contributed by atoms with E-state index in [4.69, 9.17) is 10.8 Å². The molecule has 9 heteroatoms. The van der Waals surface area contributed by atoms with Gasteiger partial charge in [0.05, 0.1) is 23.9 Å². The number of halogens is 3. The highest BCUT2D eigenvalue weighted by molar-refractivity contribution is 8.15. The van der Waals surface area contributed by atoms with Gasteiger partial charge in [0, 0.05) is 16.2 Å². The van der Waals surface area contributed by atoms with Crippen LogP contribution in [0, 0.1) is 0 Å². The molecule has 0 spiro atoms. The van der Waals surface area contributed by atoms with Gasteiger partial charge in [0.1, 0.15) is 5.04 Å². The van der Waals surface area contributed by atoms with Crippen molar-refractivity contribution in [1.82, 2.24) is 0 Å². The van der Waals surface area contributed by atoms with E-state index in [-0.39, 0.29) is 11.5 Å². The fraction of sp³-hybridized carbons (Fsp3) is 0.600. The lowest BCUT2D eigenvalue weighted by Crippen LogP contribution is -2.36. The van der Waals surface area contributed by atoms with E-state index in [1.165, 1.54) is 48.9 Å². The van der Waals surface area contributed by atoms with Crippen molar-refractivity contribution in [1.29, 1.82) is 0 Å². The molecule has 2 rings (SSSR count). The van der Waals surface area contributed by atoms with Crippen LogP contribution in [0.25, 0.3) is 0 Å². The summed E-state index contributed by atoms with van der Waals surface area (Å²) in [6, 6.07) is 3.75. The number of aliphatic hydroxyl groups excluding tert-OH is 1. The largest absolute Gasteiger partial charge is 0.417 e. The second kappa shape index (κ2) is 12.0. The molecule has 1 aliphatic rings. The molecule has 0 fully saturated rings. The van der Waals surface area contributed by atoms with Gasteiger partial charge in [0.25, 0.3) is 0 Å². The summed E-state index contributed by atoms with van der Waals surface area (Å²) >= 11 is 2.54. The maximum absolute atomic E-state index is 13.6. The minimum Gasteiger partial charge on any atom is -0.394 e. The number of nitrogens with two attached hydrogens (primary N) is 1. The van der Waals surface area contributed by atoms with Gasteiger partial charge in [-0.05, 0) is 24.3 Å². The van der Waals surface area contributed by atoms with Crippen LogP contribution in [0.4, 0.5) is 13.2 Å². The smallest absolute Gasteiger partial charge is 0.394 e. The first kappa shape index (κ1) is 24.2. The third-order valence-electron chi connectivity index (χ3n) is 4.54. The topological polar surface area (TPSA) is 71.0 Å². The Labute approximate surface area is 178 Å². The molecule has 4 nitrogen and oxygen atoms in total. The third-order valence-corrected chi connectivity index (χ3v) is 6.73. The second-order valence-electron chi connectivity index (χ2n) is 6.90. The number of thioether (sulfide) groups is 2. The summed E-state index contributed by atoms with van der Waals surface area (Å²) in [6.07, 6.45) is 2.27. The van der Waals surface area contributed by atoms with E-state index in [1.807, 2.05) is 0 Å².